The largest absolute Gasteiger partial charge is 0.464 e. The lowest BCUT2D eigenvalue weighted by atomic mass is 10.1. The van der Waals surface area contributed by atoms with Crippen LogP contribution in [0.2, 0.25) is 0 Å². The van der Waals surface area contributed by atoms with Crippen molar-refractivity contribution >= 4 is 5.91 Å². The second kappa shape index (κ2) is 5.26. The Kier molecular flexibility index (Phi) is 3.69. The molecule has 1 aromatic carbocycles. The number of furan rings is 1. The highest BCUT2D eigenvalue weighted by Crippen LogP contribution is 2.17. The molecule has 1 heterocycles. The number of carbonyl (C=O) groups is 1. The maximum Gasteiger partial charge on any atom is 0.254 e. The van der Waals surface area contributed by atoms with E-state index >= 15 is 0 Å². The van der Waals surface area contributed by atoms with Crippen LogP contribution >= 0.6 is 0 Å². The molecule has 0 bridgehead atoms. The minimum atomic E-state index is -0.483. The number of hydrogen-bond donors (Lipinski definition) is 1. The first kappa shape index (κ1) is 13.3. The van der Waals surface area contributed by atoms with Gasteiger partial charge in [0.05, 0.1) is 11.6 Å². The molecule has 100 valence electrons. The average Bonchev–Trinajstić information content (AvgIpc) is 2.79. The number of halogens is 1. The second-order valence-corrected chi connectivity index (χ2v) is 4.58. The summed E-state index contributed by atoms with van der Waals surface area (Å²) < 4.78 is 19.3. The molecule has 0 aliphatic rings. The van der Waals surface area contributed by atoms with Crippen molar-refractivity contribution in [3.05, 3.63) is 58.8 Å². The summed E-state index contributed by atoms with van der Waals surface area (Å²) in [6.45, 7) is 5.26. The number of carbonyl (C=O) groups excluding carboxylic acids is 1. The van der Waals surface area contributed by atoms with Crippen molar-refractivity contribution in [1.29, 1.82) is 0 Å². The van der Waals surface area contributed by atoms with Crippen molar-refractivity contribution in [3.8, 4) is 0 Å². The van der Waals surface area contributed by atoms with Gasteiger partial charge in [0.2, 0.25) is 0 Å². The van der Waals surface area contributed by atoms with Crippen molar-refractivity contribution in [2.75, 3.05) is 0 Å². The molecule has 0 fully saturated rings. The van der Waals surface area contributed by atoms with E-state index in [0.717, 1.165) is 5.76 Å². The third-order valence-corrected chi connectivity index (χ3v) is 2.97. The topological polar surface area (TPSA) is 42.2 Å². The van der Waals surface area contributed by atoms with Gasteiger partial charge >= 0.3 is 0 Å². The molecule has 1 atom stereocenters. The second-order valence-electron chi connectivity index (χ2n) is 4.58. The number of benzene rings is 1. The molecule has 1 N–H and O–H groups in total. The Hall–Kier alpha value is -2.10. The van der Waals surface area contributed by atoms with E-state index in [4.69, 9.17) is 4.42 Å². The molecule has 2 rings (SSSR count). The van der Waals surface area contributed by atoms with Crippen LogP contribution in [0.5, 0.6) is 0 Å². The minimum absolute atomic E-state index is 0.0510. The molecular formula is C15H16FNO2. The quantitative estimate of drug-likeness (QED) is 0.918. The first-order valence-electron chi connectivity index (χ1n) is 6.11. The molecule has 2 aromatic rings. The first-order chi connectivity index (χ1) is 8.99. The van der Waals surface area contributed by atoms with Crippen LogP contribution in [0.15, 0.2) is 34.7 Å². The summed E-state index contributed by atoms with van der Waals surface area (Å²) in [5.41, 5.74) is 0.504. The fourth-order valence-electron chi connectivity index (χ4n) is 1.85. The lowest BCUT2D eigenvalue weighted by Gasteiger charge is -2.12. The van der Waals surface area contributed by atoms with Crippen molar-refractivity contribution in [2.45, 2.75) is 26.8 Å². The van der Waals surface area contributed by atoms with Crippen LogP contribution in [-0.4, -0.2) is 5.91 Å². The summed E-state index contributed by atoms with van der Waals surface area (Å²) in [6.07, 6.45) is 0. The molecule has 0 aliphatic heterocycles. The summed E-state index contributed by atoms with van der Waals surface area (Å²) in [7, 11) is 0. The summed E-state index contributed by atoms with van der Waals surface area (Å²) in [4.78, 5) is 12.0. The summed E-state index contributed by atoms with van der Waals surface area (Å²) in [5.74, 6) is 0.502. The normalized spacial score (nSPS) is 12.2. The van der Waals surface area contributed by atoms with Gasteiger partial charge in [-0.05, 0) is 44.5 Å². The van der Waals surface area contributed by atoms with Crippen molar-refractivity contribution in [1.82, 2.24) is 5.32 Å². The Morgan fingerprint density at radius 3 is 2.63 bits per heavy atom. The molecule has 0 saturated carbocycles. The molecule has 0 spiro atoms. The van der Waals surface area contributed by atoms with E-state index in [1.807, 2.05) is 13.0 Å². The van der Waals surface area contributed by atoms with Gasteiger partial charge in [-0.25, -0.2) is 4.39 Å². The fraction of sp³-hybridized carbons (Fsp3) is 0.267. The highest BCUT2D eigenvalue weighted by molar-refractivity contribution is 5.94. The maximum absolute atomic E-state index is 13.8. The van der Waals surface area contributed by atoms with Gasteiger partial charge in [-0.1, -0.05) is 12.1 Å². The third kappa shape index (κ3) is 2.84. The van der Waals surface area contributed by atoms with Crippen LogP contribution in [0.3, 0.4) is 0 Å². The number of nitrogens with one attached hydrogen (secondary N) is 1. The average molecular weight is 261 g/mol. The molecule has 4 heteroatoms. The van der Waals surface area contributed by atoms with Gasteiger partial charge in [0.15, 0.2) is 0 Å². The van der Waals surface area contributed by atoms with E-state index in [1.54, 1.807) is 32.0 Å². The van der Waals surface area contributed by atoms with Gasteiger partial charge in [0.1, 0.15) is 17.3 Å². The summed E-state index contributed by atoms with van der Waals surface area (Å²) in [6, 6.07) is 8.08. The Morgan fingerprint density at radius 1 is 1.26 bits per heavy atom. The predicted octanol–water partition coefficient (Wildman–Crippen LogP) is 3.53. The number of aryl methyl sites for hydroxylation is 2. The van der Waals surface area contributed by atoms with Crippen LogP contribution in [0.4, 0.5) is 4.39 Å². The van der Waals surface area contributed by atoms with E-state index in [-0.39, 0.29) is 11.6 Å². The third-order valence-electron chi connectivity index (χ3n) is 2.97. The zero-order valence-corrected chi connectivity index (χ0v) is 11.2. The molecule has 1 unspecified atom stereocenters. The first-order valence-corrected chi connectivity index (χ1v) is 6.11. The molecular weight excluding hydrogens is 245 g/mol. The van der Waals surface area contributed by atoms with Crippen molar-refractivity contribution < 1.29 is 13.6 Å². The van der Waals surface area contributed by atoms with E-state index in [0.29, 0.717) is 11.3 Å². The zero-order chi connectivity index (χ0) is 14.0. The van der Waals surface area contributed by atoms with Gasteiger partial charge < -0.3 is 9.73 Å². The summed E-state index contributed by atoms with van der Waals surface area (Å²) in [5, 5.41) is 2.72. The van der Waals surface area contributed by atoms with E-state index in [2.05, 4.69) is 5.32 Å². The lowest BCUT2D eigenvalue weighted by Crippen LogP contribution is -2.27. The maximum atomic E-state index is 13.8. The smallest absolute Gasteiger partial charge is 0.254 e. The Balaban J connectivity index is 2.15. The highest BCUT2D eigenvalue weighted by Gasteiger charge is 2.17. The Morgan fingerprint density at radius 2 is 2.00 bits per heavy atom. The standard InChI is InChI=1S/C15H16FNO2/c1-9-5-4-6-12(14(9)16)15(18)17-11(3)13-8-7-10(2)19-13/h4-8,11H,1-3H3,(H,17,18). The number of amides is 1. The fourth-order valence-corrected chi connectivity index (χ4v) is 1.85. The van der Waals surface area contributed by atoms with Gasteiger partial charge in [-0.15, -0.1) is 0 Å². The number of hydrogen-bond acceptors (Lipinski definition) is 2. The summed E-state index contributed by atoms with van der Waals surface area (Å²) >= 11 is 0. The van der Waals surface area contributed by atoms with Crippen molar-refractivity contribution in [2.24, 2.45) is 0 Å². The lowest BCUT2D eigenvalue weighted by molar-refractivity contribution is 0.0931. The predicted molar refractivity (Wildman–Crippen MR) is 70.5 cm³/mol. The Bertz CT molecular complexity index is 604. The molecule has 1 aromatic heterocycles. The molecule has 19 heavy (non-hydrogen) atoms. The van der Waals surface area contributed by atoms with E-state index < -0.39 is 11.7 Å². The van der Waals surface area contributed by atoms with Crippen LogP contribution in [0, 0.1) is 19.7 Å². The van der Waals surface area contributed by atoms with Crippen LogP contribution in [0.25, 0.3) is 0 Å². The SMILES string of the molecule is Cc1ccc(C(C)NC(=O)c2cccc(C)c2F)o1. The number of rotatable bonds is 3. The Labute approximate surface area is 111 Å². The molecule has 0 saturated heterocycles. The molecule has 0 radical (unpaired) electrons. The van der Waals surface area contributed by atoms with Gasteiger partial charge in [-0.3, -0.25) is 4.79 Å². The van der Waals surface area contributed by atoms with Gasteiger partial charge in [0, 0.05) is 0 Å². The monoisotopic (exact) mass is 261 g/mol. The molecule has 1 amide bonds. The van der Waals surface area contributed by atoms with Gasteiger partial charge in [0.25, 0.3) is 5.91 Å². The van der Waals surface area contributed by atoms with Gasteiger partial charge in [-0.2, -0.15) is 0 Å². The molecule has 0 aliphatic carbocycles. The minimum Gasteiger partial charge on any atom is -0.464 e. The van der Waals surface area contributed by atoms with Crippen LogP contribution in [0.1, 0.15) is 40.4 Å². The van der Waals surface area contributed by atoms with E-state index in [9.17, 15) is 9.18 Å². The van der Waals surface area contributed by atoms with Crippen LogP contribution < -0.4 is 5.32 Å². The zero-order valence-electron chi connectivity index (χ0n) is 11.2. The highest BCUT2D eigenvalue weighted by atomic mass is 19.1. The van der Waals surface area contributed by atoms with E-state index in [1.165, 1.54) is 6.07 Å². The van der Waals surface area contributed by atoms with Crippen LogP contribution in [-0.2, 0) is 0 Å². The van der Waals surface area contributed by atoms with Crippen molar-refractivity contribution in [3.63, 3.8) is 0 Å². The molecule has 3 nitrogen and oxygen atoms in total.